The van der Waals surface area contributed by atoms with Gasteiger partial charge in [-0.15, -0.1) is 13.2 Å². The van der Waals surface area contributed by atoms with Crippen molar-refractivity contribution in [3.63, 3.8) is 0 Å². The number of rotatable bonds is 0. The van der Waals surface area contributed by atoms with Gasteiger partial charge in [-0.3, -0.25) is 4.57 Å². The second-order valence-corrected chi connectivity index (χ2v) is 2.89. The fourth-order valence-corrected chi connectivity index (χ4v) is 0.250. The molecule has 14 heavy (non-hydrogen) atoms. The van der Waals surface area contributed by atoms with Gasteiger partial charge in [-0.25, -0.2) is 0 Å². The molecular weight excluding hydrogens is 218 g/mol. The smallest absolute Gasteiger partial charge is 0.756 e. The average Bonchev–Trinajstić information content (AvgIpc) is 1.59. The van der Waals surface area contributed by atoms with Crippen LogP contribution in [0.1, 0.15) is 25.7 Å². The molecule has 1 aliphatic rings. The molecule has 1 fully saturated rings. The molecule has 0 radical (unpaired) electrons. The summed E-state index contributed by atoms with van der Waals surface area (Å²) in [7, 11) is -4.89. The van der Waals surface area contributed by atoms with E-state index in [1.807, 2.05) is 0 Å². The predicted octanol–water partition coefficient (Wildman–Crippen LogP) is -1.87. The van der Waals surface area contributed by atoms with Crippen LogP contribution in [0.2, 0.25) is 0 Å². The maximum Gasteiger partial charge on any atom is 1.00 e. The second-order valence-electron chi connectivity index (χ2n) is 1.90. The van der Waals surface area contributed by atoms with Crippen LogP contribution < -0.4 is 46.8 Å². The topological polar surface area (TPSA) is 151 Å². The van der Waals surface area contributed by atoms with Crippen LogP contribution in [-0.4, -0.2) is 9.79 Å². The third-order valence-corrected chi connectivity index (χ3v) is 1.000. The van der Waals surface area contributed by atoms with Crippen molar-refractivity contribution in [3.8, 4) is 0 Å². The summed E-state index contributed by atoms with van der Waals surface area (Å²) in [5.41, 5.74) is 0. The van der Waals surface area contributed by atoms with E-state index < -0.39 is 7.82 Å². The fraction of sp³-hybridized carbons (Fsp3) is 0.667. The summed E-state index contributed by atoms with van der Waals surface area (Å²) in [6, 6.07) is 0. The quantitative estimate of drug-likeness (QED) is 0.220. The van der Waals surface area contributed by atoms with E-state index in [4.69, 9.17) is 19.2 Å². The van der Waals surface area contributed by atoms with Gasteiger partial charge in [-0.05, 0) is 0 Å². The van der Waals surface area contributed by atoms with E-state index in [1.165, 1.54) is 25.7 Å². The zero-order valence-corrected chi connectivity index (χ0v) is 11.7. The van der Waals surface area contributed by atoms with Crippen molar-refractivity contribution in [3.05, 3.63) is 13.2 Å². The summed E-state index contributed by atoms with van der Waals surface area (Å²) in [6.45, 7) is 6.00. The van der Waals surface area contributed by atoms with E-state index in [2.05, 4.69) is 13.2 Å². The Bertz CT molecular complexity index is 117. The Morgan fingerprint density at radius 3 is 1.07 bits per heavy atom. The molecule has 0 saturated heterocycles. The largest absolute Gasteiger partial charge is 1.00 e. The third kappa shape index (κ3) is 77.8. The Labute approximate surface area is 107 Å². The van der Waals surface area contributed by atoms with E-state index >= 15 is 0 Å². The van der Waals surface area contributed by atoms with E-state index in [0.29, 0.717) is 0 Å². The summed E-state index contributed by atoms with van der Waals surface area (Å²) in [5, 5.41) is 0. The molecule has 0 atom stereocenters. The maximum absolute atomic E-state index is 8.77. The molecule has 0 aliphatic heterocycles. The second kappa shape index (κ2) is 19.4. The van der Waals surface area contributed by atoms with Gasteiger partial charge in [0.05, 0.1) is 0 Å². The van der Waals surface area contributed by atoms with Crippen molar-refractivity contribution < 1.29 is 48.8 Å². The molecule has 0 heterocycles. The van der Waals surface area contributed by atoms with Crippen molar-refractivity contribution in [2.45, 2.75) is 25.7 Å². The molecule has 0 bridgehead atoms. The molecule has 0 unspecified atom stereocenters. The normalized spacial score (nSPS) is 11.4. The summed E-state index contributed by atoms with van der Waals surface area (Å²) < 4.78 is 8.77. The first-order chi connectivity index (χ1) is 5.00. The number of hydrogen-bond donors (Lipinski definition) is 4. The van der Waals surface area contributed by atoms with Crippen molar-refractivity contribution >= 4 is 7.82 Å². The molecule has 6 nitrogen and oxygen atoms in total. The molecular formula is C6H20N2NaO4P. The van der Waals surface area contributed by atoms with Crippen molar-refractivity contribution in [2.24, 2.45) is 0 Å². The summed E-state index contributed by atoms with van der Waals surface area (Å²) in [5.74, 6) is 0. The summed E-state index contributed by atoms with van der Waals surface area (Å²) in [4.78, 5) is 22.9. The Kier molecular flexibility index (Phi) is 40.6. The molecule has 0 aromatic carbocycles. The van der Waals surface area contributed by atoms with Gasteiger partial charge in [0, 0.05) is 0 Å². The molecule has 8 N–H and O–H groups in total. The number of phosphoric acid groups is 1. The standard InChI is InChI=1S/C4H8.C2H4.2H3N.Na.H3O4P/c1-2-4-3-1;1-2;;;;1-5(2,3)4/h1-4H2;1-2H2;2*1H3;;(H3,1,2,3,4)/q;;;;+1;/p-1. The third-order valence-electron chi connectivity index (χ3n) is 1.000. The van der Waals surface area contributed by atoms with E-state index in [-0.39, 0.29) is 41.9 Å². The molecule has 1 aliphatic carbocycles. The first-order valence-corrected chi connectivity index (χ1v) is 4.80. The van der Waals surface area contributed by atoms with Crippen LogP contribution in [0.25, 0.3) is 0 Å². The van der Waals surface area contributed by atoms with Crippen LogP contribution in [0.5, 0.6) is 0 Å². The molecule has 0 spiro atoms. The SMILES string of the molecule is C1CCC1.C=C.N.N.O=P([O-])(O)O.[Na+]. The van der Waals surface area contributed by atoms with Crippen LogP contribution >= 0.6 is 7.82 Å². The minimum atomic E-state index is -4.89. The minimum absolute atomic E-state index is 0. The van der Waals surface area contributed by atoms with Crippen molar-refractivity contribution in [1.82, 2.24) is 12.3 Å². The molecule has 0 amide bonds. The molecule has 8 heteroatoms. The zero-order valence-electron chi connectivity index (χ0n) is 8.81. The summed E-state index contributed by atoms with van der Waals surface area (Å²) in [6.07, 6.45) is 6.00. The van der Waals surface area contributed by atoms with Crippen molar-refractivity contribution in [2.75, 3.05) is 0 Å². The van der Waals surface area contributed by atoms with Gasteiger partial charge >= 0.3 is 29.6 Å². The molecule has 1 saturated carbocycles. The molecule has 0 aromatic heterocycles. The van der Waals surface area contributed by atoms with E-state index in [0.717, 1.165) is 0 Å². The van der Waals surface area contributed by atoms with E-state index in [1.54, 1.807) is 0 Å². The van der Waals surface area contributed by atoms with Gasteiger partial charge in [-0.2, -0.15) is 0 Å². The Morgan fingerprint density at radius 2 is 1.07 bits per heavy atom. The van der Waals surface area contributed by atoms with Crippen LogP contribution in [0.3, 0.4) is 0 Å². The average molecular weight is 238 g/mol. The van der Waals surface area contributed by atoms with Crippen LogP contribution in [0, 0.1) is 0 Å². The Morgan fingerprint density at radius 1 is 1.00 bits per heavy atom. The Hall–Kier alpha value is 0.770. The van der Waals surface area contributed by atoms with Crippen molar-refractivity contribution in [1.29, 1.82) is 0 Å². The summed E-state index contributed by atoms with van der Waals surface area (Å²) >= 11 is 0. The van der Waals surface area contributed by atoms with E-state index in [9.17, 15) is 0 Å². The monoisotopic (exact) mass is 238 g/mol. The van der Waals surface area contributed by atoms with Gasteiger partial charge in [0.1, 0.15) is 0 Å². The molecule has 1 rings (SSSR count). The minimum Gasteiger partial charge on any atom is -0.756 e. The molecule has 84 valence electrons. The van der Waals surface area contributed by atoms with Gasteiger partial charge < -0.3 is 27.0 Å². The fourth-order valence-electron chi connectivity index (χ4n) is 0.250. The molecule has 0 aromatic rings. The van der Waals surface area contributed by atoms with Crippen LogP contribution in [0.4, 0.5) is 0 Å². The first kappa shape index (κ1) is 29.3. The van der Waals surface area contributed by atoms with Gasteiger partial charge in [0.2, 0.25) is 0 Å². The Balaban J connectivity index is -0.0000000278. The van der Waals surface area contributed by atoms with Gasteiger partial charge in [-0.1, -0.05) is 25.7 Å². The number of hydrogen-bond acceptors (Lipinski definition) is 4. The van der Waals surface area contributed by atoms with Crippen LogP contribution in [0.15, 0.2) is 13.2 Å². The predicted molar refractivity (Wildman–Crippen MR) is 51.8 cm³/mol. The first-order valence-electron chi connectivity index (χ1n) is 3.27. The van der Waals surface area contributed by atoms with Gasteiger partial charge in [0.25, 0.3) is 7.82 Å². The van der Waals surface area contributed by atoms with Gasteiger partial charge in [0.15, 0.2) is 0 Å². The maximum atomic E-state index is 8.77. The van der Waals surface area contributed by atoms with Crippen LogP contribution in [-0.2, 0) is 4.57 Å². The zero-order chi connectivity index (χ0) is 9.33.